The van der Waals surface area contributed by atoms with E-state index in [0.717, 1.165) is 12.1 Å². The van der Waals surface area contributed by atoms with E-state index in [1.165, 1.54) is 18.2 Å². The molecule has 3 rings (SSSR count). The molecule has 1 fully saturated rings. The van der Waals surface area contributed by atoms with Crippen molar-refractivity contribution in [3.05, 3.63) is 59.7 Å². The van der Waals surface area contributed by atoms with Crippen molar-refractivity contribution in [3.63, 3.8) is 0 Å². The Hall–Kier alpha value is -3.03. The van der Waals surface area contributed by atoms with E-state index in [0.29, 0.717) is 43.8 Å². The van der Waals surface area contributed by atoms with E-state index in [9.17, 15) is 22.8 Å². The van der Waals surface area contributed by atoms with E-state index < -0.39 is 11.7 Å². The van der Waals surface area contributed by atoms with Crippen molar-refractivity contribution in [2.75, 3.05) is 13.1 Å². The maximum atomic E-state index is 12.9. The summed E-state index contributed by atoms with van der Waals surface area (Å²) in [6.45, 7) is 5.23. The number of nitrogens with one attached hydrogen (secondary N) is 1. The van der Waals surface area contributed by atoms with Gasteiger partial charge in [-0.1, -0.05) is 26.0 Å². The number of carbonyl (C=O) groups excluding carboxylic acids is 2. The lowest BCUT2D eigenvalue weighted by atomic mass is 10.0. The van der Waals surface area contributed by atoms with E-state index in [1.807, 2.05) is 18.7 Å². The average Bonchev–Trinajstić information content (AvgIpc) is 2.73. The van der Waals surface area contributed by atoms with Crippen molar-refractivity contribution in [3.8, 4) is 11.5 Å². The Morgan fingerprint density at radius 3 is 2.31 bits per heavy atom. The molecule has 2 amide bonds. The van der Waals surface area contributed by atoms with Crippen LogP contribution in [0.15, 0.2) is 48.5 Å². The summed E-state index contributed by atoms with van der Waals surface area (Å²) in [6, 6.07) is 10.9. The van der Waals surface area contributed by atoms with Crippen LogP contribution in [0.1, 0.15) is 49.0 Å². The minimum Gasteiger partial charge on any atom is -0.457 e. The van der Waals surface area contributed by atoms with Crippen molar-refractivity contribution in [1.82, 2.24) is 10.2 Å². The molecule has 1 heterocycles. The largest absolute Gasteiger partial charge is 0.457 e. The lowest BCUT2D eigenvalue weighted by Crippen LogP contribution is -2.46. The second kappa shape index (κ2) is 10.1. The van der Waals surface area contributed by atoms with Gasteiger partial charge in [-0.25, -0.2) is 0 Å². The zero-order valence-corrected chi connectivity index (χ0v) is 18.1. The minimum atomic E-state index is -4.46. The summed E-state index contributed by atoms with van der Waals surface area (Å²) in [7, 11) is 0. The minimum absolute atomic E-state index is 0.0378. The van der Waals surface area contributed by atoms with Gasteiger partial charge in [0.25, 0.3) is 5.91 Å². The molecule has 1 aliphatic rings. The second-order valence-corrected chi connectivity index (χ2v) is 8.38. The fourth-order valence-electron chi connectivity index (χ4n) is 3.59. The fourth-order valence-corrected chi connectivity index (χ4v) is 3.59. The highest BCUT2D eigenvalue weighted by molar-refractivity contribution is 5.94. The molecule has 0 aliphatic carbocycles. The topological polar surface area (TPSA) is 58.6 Å². The van der Waals surface area contributed by atoms with E-state index in [-0.39, 0.29) is 29.4 Å². The van der Waals surface area contributed by atoms with Crippen molar-refractivity contribution < 1.29 is 27.5 Å². The molecule has 1 aliphatic heterocycles. The average molecular weight is 448 g/mol. The summed E-state index contributed by atoms with van der Waals surface area (Å²) >= 11 is 0. The molecule has 8 heteroatoms. The molecule has 172 valence electrons. The van der Waals surface area contributed by atoms with Gasteiger partial charge < -0.3 is 15.0 Å². The Bertz CT molecular complexity index is 952. The molecule has 0 unspecified atom stereocenters. The van der Waals surface area contributed by atoms with Crippen molar-refractivity contribution in [2.45, 2.75) is 45.3 Å². The smallest absolute Gasteiger partial charge is 0.416 e. The van der Waals surface area contributed by atoms with Gasteiger partial charge in [-0.15, -0.1) is 0 Å². The molecule has 2 aromatic rings. The van der Waals surface area contributed by atoms with Crippen LogP contribution in [0.5, 0.6) is 11.5 Å². The third-order valence-electron chi connectivity index (χ3n) is 5.26. The van der Waals surface area contributed by atoms with Gasteiger partial charge in [0, 0.05) is 31.1 Å². The van der Waals surface area contributed by atoms with Crippen LogP contribution < -0.4 is 10.1 Å². The molecule has 1 N–H and O–H groups in total. The Kier molecular flexibility index (Phi) is 7.43. The molecule has 0 spiro atoms. The molecule has 1 saturated heterocycles. The zero-order valence-electron chi connectivity index (χ0n) is 18.1. The third-order valence-corrected chi connectivity index (χ3v) is 5.26. The number of carbonyl (C=O) groups is 2. The molecule has 32 heavy (non-hydrogen) atoms. The first kappa shape index (κ1) is 23.6. The molecule has 2 aromatic carbocycles. The lowest BCUT2D eigenvalue weighted by Gasteiger charge is -2.32. The monoisotopic (exact) mass is 448 g/mol. The van der Waals surface area contributed by atoms with Crippen LogP contribution in [0.3, 0.4) is 0 Å². The number of amides is 2. The van der Waals surface area contributed by atoms with E-state index in [4.69, 9.17) is 4.74 Å². The van der Waals surface area contributed by atoms with E-state index >= 15 is 0 Å². The Morgan fingerprint density at radius 1 is 1.06 bits per heavy atom. The molecule has 5 nitrogen and oxygen atoms in total. The van der Waals surface area contributed by atoms with Gasteiger partial charge in [-0.2, -0.15) is 13.2 Å². The highest BCUT2D eigenvalue weighted by Gasteiger charge is 2.30. The van der Waals surface area contributed by atoms with Crippen LogP contribution in [0.2, 0.25) is 0 Å². The number of nitrogens with zero attached hydrogens (tertiary/aromatic N) is 1. The van der Waals surface area contributed by atoms with Gasteiger partial charge in [0.2, 0.25) is 5.91 Å². The summed E-state index contributed by atoms with van der Waals surface area (Å²) in [4.78, 5) is 26.7. The van der Waals surface area contributed by atoms with Crippen LogP contribution in [0, 0.1) is 5.92 Å². The summed E-state index contributed by atoms with van der Waals surface area (Å²) < 4.78 is 44.2. The predicted octanol–water partition coefficient (Wildman–Crippen LogP) is 5.26. The van der Waals surface area contributed by atoms with Gasteiger partial charge in [-0.05, 0) is 55.2 Å². The number of alkyl halides is 3. The maximum Gasteiger partial charge on any atom is 0.416 e. The SMILES string of the molecule is CC(C)CC(=O)N1CCC(NC(=O)c2cccc(Oc3cccc(C(F)(F)F)c3)c2)CC1. The quantitative estimate of drug-likeness (QED) is 0.656. The predicted molar refractivity (Wildman–Crippen MR) is 114 cm³/mol. The van der Waals surface area contributed by atoms with Gasteiger partial charge >= 0.3 is 6.18 Å². The van der Waals surface area contributed by atoms with Gasteiger partial charge in [0.1, 0.15) is 11.5 Å². The first-order valence-electron chi connectivity index (χ1n) is 10.7. The number of hydrogen-bond donors (Lipinski definition) is 1. The van der Waals surface area contributed by atoms with Crippen molar-refractivity contribution in [1.29, 1.82) is 0 Å². The lowest BCUT2D eigenvalue weighted by molar-refractivity contribution is -0.137. The molecule has 0 atom stereocenters. The third kappa shape index (κ3) is 6.48. The summed E-state index contributed by atoms with van der Waals surface area (Å²) in [5.41, 5.74) is -0.449. The standard InChI is InChI=1S/C24H27F3N2O3/c1-16(2)13-22(30)29-11-9-19(10-12-29)28-23(31)17-5-3-7-20(14-17)32-21-8-4-6-18(15-21)24(25,26)27/h3-8,14-16,19H,9-13H2,1-2H3,(H,28,31). The second-order valence-electron chi connectivity index (χ2n) is 8.38. The van der Waals surface area contributed by atoms with Crippen molar-refractivity contribution >= 4 is 11.8 Å². The number of benzene rings is 2. The molecule has 0 saturated carbocycles. The Morgan fingerprint density at radius 2 is 1.69 bits per heavy atom. The van der Waals surface area contributed by atoms with Crippen LogP contribution in [0.4, 0.5) is 13.2 Å². The van der Waals surface area contributed by atoms with Crippen molar-refractivity contribution in [2.24, 2.45) is 5.92 Å². The number of hydrogen-bond acceptors (Lipinski definition) is 3. The summed E-state index contributed by atoms with van der Waals surface area (Å²) in [5.74, 6) is 0.475. The number of likely N-dealkylation sites (tertiary alicyclic amines) is 1. The highest BCUT2D eigenvalue weighted by atomic mass is 19.4. The highest BCUT2D eigenvalue weighted by Crippen LogP contribution is 2.32. The van der Waals surface area contributed by atoms with Gasteiger partial charge in [0.05, 0.1) is 5.56 Å². The summed E-state index contributed by atoms with van der Waals surface area (Å²) in [6.07, 6.45) is -2.59. The number of ether oxygens (including phenoxy) is 1. The van der Waals surface area contributed by atoms with Gasteiger partial charge in [-0.3, -0.25) is 9.59 Å². The first-order chi connectivity index (χ1) is 15.1. The first-order valence-corrected chi connectivity index (χ1v) is 10.7. The molecule has 0 radical (unpaired) electrons. The van der Waals surface area contributed by atoms with E-state index in [1.54, 1.807) is 18.2 Å². The van der Waals surface area contributed by atoms with Crippen LogP contribution >= 0.6 is 0 Å². The zero-order chi connectivity index (χ0) is 23.3. The molecular weight excluding hydrogens is 421 g/mol. The molecular formula is C24H27F3N2O3. The Balaban J connectivity index is 1.58. The van der Waals surface area contributed by atoms with Crippen LogP contribution in [0.25, 0.3) is 0 Å². The normalized spacial score (nSPS) is 15.0. The maximum absolute atomic E-state index is 12.9. The van der Waals surface area contributed by atoms with Crippen LogP contribution in [-0.4, -0.2) is 35.8 Å². The fraction of sp³-hybridized carbons (Fsp3) is 0.417. The number of halogens is 3. The summed E-state index contributed by atoms with van der Waals surface area (Å²) in [5, 5.41) is 2.97. The van der Waals surface area contributed by atoms with Gasteiger partial charge in [0.15, 0.2) is 0 Å². The van der Waals surface area contributed by atoms with Crippen LogP contribution in [-0.2, 0) is 11.0 Å². The number of piperidine rings is 1. The Labute approximate surface area is 185 Å². The number of rotatable bonds is 6. The molecule has 0 aromatic heterocycles. The molecule has 0 bridgehead atoms. The van der Waals surface area contributed by atoms with E-state index in [2.05, 4.69) is 5.32 Å².